The summed E-state index contributed by atoms with van der Waals surface area (Å²) in [5.74, 6) is -0.254. The zero-order valence-electron chi connectivity index (χ0n) is 10.5. The third-order valence-corrected chi connectivity index (χ3v) is 3.40. The molecular weight excluding hydrogens is 234 g/mol. The number of carboxylic acid groups (broad SMARTS) is 1. The molecule has 18 heavy (non-hydrogen) atoms. The number of β-amino-alcohol motifs (C(OH)–C–C–N with tert-alkyl or cyclic N) is 1. The molecule has 6 heteroatoms. The molecule has 1 aliphatic heterocycles. The topological polar surface area (TPSA) is 86.5 Å². The maximum atomic E-state index is 10.9. The summed E-state index contributed by atoms with van der Waals surface area (Å²) in [7, 11) is 0. The predicted molar refractivity (Wildman–Crippen MR) is 65.7 cm³/mol. The Balaban J connectivity index is 2.19. The number of rotatable bonds is 2. The summed E-state index contributed by atoms with van der Waals surface area (Å²) < 4.78 is 0. The smallest absolute Gasteiger partial charge is 0.339 e. The monoisotopic (exact) mass is 251 g/mol. The molecule has 1 aromatic heterocycles. The molecule has 2 unspecified atom stereocenters. The minimum absolute atomic E-state index is 0.115. The third kappa shape index (κ3) is 2.43. The Morgan fingerprint density at radius 3 is 2.83 bits per heavy atom. The molecule has 1 fully saturated rings. The summed E-state index contributed by atoms with van der Waals surface area (Å²) in [6.07, 6.45) is 1.82. The number of aryl methyl sites for hydroxylation is 1. The molecule has 1 saturated heterocycles. The average Bonchev–Trinajstić information content (AvgIpc) is 2.32. The van der Waals surface area contributed by atoms with Crippen molar-refractivity contribution in [1.82, 2.24) is 9.97 Å². The average molecular weight is 251 g/mol. The van der Waals surface area contributed by atoms with Gasteiger partial charge in [-0.3, -0.25) is 0 Å². The maximum Gasteiger partial charge on any atom is 0.339 e. The van der Waals surface area contributed by atoms with Gasteiger partial charge in [-0.2, -0.15) is 0 Å². The van der Waals surface area contributed by atoms with E-state index in [1.54, 1.807) is 6.92 Å². The van der Waals surface area contributed by atoms with Crippen LogP contribution in [0.4, 0.5) is 5.95 Å². The molecular formula is C12H17N3O3. The summed E-state index contributed by atoms with van der Waals surface area (Å²) in [4.78, 5) is 21.0. The Labute approximate surface area is 105 Å². The number of aromatic carboxylic acids is 1. The molecule has 0 amide bonds. The summed E-state index contributed by atoms with van der Waals surface area (Å²) in [5.41, 5.74) is 0.560. The lowest BCUT2D eigenvalue weighted by Crippen LogP contribution is -2.43. The zero-order chi connectivity index (χ0) is 13.3. The van der Waals surface area contributed by atoms with E-state index in [0.717, 1.165) is 13.0 Å². The fourth-order valence-electron chi connectivity index (χ4n) is 2.05. The highest BCUT2D eigenvalue weighted by Crippen LogP contribution is 2.21. The Bertz CT molecular complexity index is 464. The molecule has 2 atom stereocenters. The summed E-state index contributed by atoms with van der Waals surface area (Å²) in [6.45, 7) is 4.94. The molecule has 0 aliphatic carbocycles. The largest absolute Gasteiger partial charge is 0.478 e. The number of aliphatic hydroxyl groups is 1. The van der Waals surface area contributed by atoms with E-state index < -0.39 is 5.97 Å². The van der Waals surface area contributed by atoms with Crippen LogP contribution < -0.4 is 4.90 Å². The molecule has 0 bridgehead atoms. The molecule has 98 valence electrons. The lowest BCUT2D eigenvalue weighted by atomic mass is 9.96. The lowest BCUT2D eigenvalue weighted by molar-refractivity contribution is 0.0695. The SMILES string of the molecule is Cc1nc(N2CCC(C)C(O)C2)ncc1C(=O)O. The highest BCUT2D eigenvalue weighted by atomic mass is 16.4. The van der Waals surface area contributed by atoms with Crippen molar-refractivity contribution in [2.75, 3.05) is 18.0 Å². The van der Waals surface area contributed by atoms with Crippen LogP contribution >= 0.6 is 0 Å². The molecule has 0 saturated carbocycles. The van der Waals surface area contributed by atoms with E-state index in [0.29, 0.717) is 18.2 Å². The van der Waals surface area contributed by atoms with Gasteiger partial charge < -0.3 is 15.1 Å². The van der Waals surface area contributed by atoms with Crippen molar-refractivity contribution in [2.45, 2.75) is 26.4 Å². The van der Waals surface area contributed by atoms with Gasteiger partial charge in [-0.05, 0) is 19.3 Å². The molecule has 0 radical (unpaired) electrons. The van der Waals surface area contributed by atoms with E-state index in [1.807, 2.05) is 11.8 Å². The molecule has 2 N–H and O–H groups in total. The number of hydrogen-bond acceptors (Lipinski definition) is 5. The summed E-state index contributed by atoms with van der Waals surface area (Å²) in [6, 6.07) is 0. The molecule has 6 nitrogen and oxygen atoms in total. The molecule has 1 aliphatic rings. The highest BCUT2D eigenvalue weighted by molar-refractivity contribution is 5.88. The van der Waals surface area contributed by atoms with Crippen LogP contribution in [-0.4, -0.2) is 45.3 Å². The van der Waals surface area contributed by atoms with E-state index >= 15 is 0 Å². The molecule has 2 heterocycles. The zero-order valence-corrected chi connectivity index (χ0v) is 10.5. The van der Waals surface area contributed by atoms with Crippen molar-refractivity contribution in [1.29, 1.82) is 0 Å². The quantitative estimate of drug-likeness (QED) is 0.804. The van der Waals surface area contributed by atoms with Gasteiger partial charge in [0.2, 0.25) is 5.95 Å². The van der Waals surface area contributed by atoms with Crippen molar-refractivity contribution in [2.24, 2.45) is 5.92 Å². The van der Waals surface area contributed by atoms with E-state index in [-0.39, 0.29) is 17.6 Å². The fourth-order valence-corrected chi connectivity index (χ4v) is 2.05. The molecule has 0 spiro atoms. The van der Waals surface area contributed by atoms with Gasteiger partial charge in [0.15, 0.2) is 0 Å². The minimum atomic E-state index is -1.02. The predicted octanol–water partition coefficient (Wildman–Crippen LogP) is 0.690. The van der Waals surface area contributed by atoms with Crippen LogP contribution in [0.15, 0.2) is 6.20 Å². The summed E-state index contributed by atoms with van der Waals surface area (Å²) >= 11 is 0. The van der Waals surface area contributed by atoms with Gasteiger partial charge in [0.1, 0.15) is 0 Å². The lowest BCUT2D eigenvalue weighted by Gasteiger charge is -2.34. The van der Waals surface area contributed by atoms with Crippen LogP contribution in [0.25, 0.3) is 0 Å². The second kappa shape index (κ2) is 4.89. The van der Waals surface area contributed by atoms with Gasteiger partial charge in [-0.25, -0.2) is 14.8 Å². The van der Waals surface area contributed by atoms with Crippen molar-refractivity contribution in [3.8, 4) is 0 Å². The number of nitrogens with zero attached hydrogens (tertiary/aromatic N) is 3. The first-order valence-electron chi connectivity index (χ1n) is 5.99. The van der Waals surface area contributed by atoms with Gasteiger partial charge >= 0.3 is 5.97 Å². The van der Waals surface area contributed by atoms with Crippen LogP contribution in [0.2, 0.25) is 0 Å². The normalized spacial score (nSPS) is 24.1. The van der Waals surface area contributed by atoms with Crippen molar-refractivity contribution < 1.29 is 15.0 Å². The number of anilines is 1. The molecule has 0 aromatic carbocycles. The standard InChI is InChI=1S/C12H17N3O3/c1-7-3-4-15(6-10(7)16)12-13-5-9(11(17)18)8(2)14-12/h5,7,10,16H,3-4,6H2,1-2H3,(H,17,18). The number of carboxylic acids is 1. The van der Waals surface area contributed by atoms with Crippen molar-refractivity contribution in [3.63, 3.8) is 0 Å². The Kier molecular flexibility index (Phi) is 3.47. The second-order valence-electron chi connectivity index (χ2n) is 4.75. The first kappa shape index (κ1) is 12.8. The van der Waals surface area contributed by atoms with Gasteiger partial charge in [-0.15, -0.1) is 0 Å². The number of hydrogen-bond donors (Lipinski definition) is 2. The Morgan fingerprint density at radius 2 is 2.28 bits per heavy atom. The van der Waals surface area contributed by atoms with Crippen LogP contribution in [0.1, 0.15) is 29.4 Å². The van der Waals surface area contributed by atoms with Gasteiger partial charge in [0, 0.05) is 19.3 Å². The Hall–Kier alpha value is -1.69. The van der Waals surface area contributed by atoms with Gasteiger partial charge in [-0.1, -0.05) is 6.92 Å². The number of aliphatic hydroxyl groups excluding tert-OH is 1. The van der Waals surface area contributed by atoms with Gasteiger partial charge in [0.25, 0.3) is 0 Å². The first-order chi connectivity index (χ1) is 8.49. The third-order valence-electron chi connectivity index (χ3n) is 3.40. The number of piperidine rings is 1. The van der Waals surface area contributed by atoms with Crippen LogP contribution in [-0.2, 0) is 0 Å². The number of carbonyl (C=O) groups is 1. The van der Waals surface area contributed by atoms with Gasteiger partial charge in [0.05, 0.1) is 17.4 Å². The van der Waals surface area contributed by atoms with E-state index in [4.69, 9.17) is 5.11 Å². The molecule has 2 rings (SSSR count). The highest BCUT2D eigenvalue weighted by Gasteiger charge is 2.26. The van der Waals surface area contributed by atoms with Crippen LogP contribution in [0, 0.1) is 12.8 Å². The fraction of sp³-hybridized carbons (Fsp3) is 0.583. The van der Waals surface area contributed by atoms with E-state index in [9.17, 15) is 9.90 Å². The first-order valence-corrected chi connectivity index (χ1v) is 5.99. The minimum Gasteiger partial charge on any atom is -0.478 e. The number of aromatic nitrogens is 2. The van der Waals surface area contributed by atoms with E-state index in [1.165, 1.54) is 6.20 Å². The second-order valence-corrected chi connectivity index (χ2v) is 4.75. The van der Waals surface area contributed by atoms with Crippen LogP contribution in [0.5, 0.6) is 0 Å². The van der Waals surface area contributed by atoms with E-state index in [2.05, 4.69) is 9.97 Å². The van der Waals surface area contributed by atoms with Crippen molar-refractivity contribution in [3.05, 3.63) is 17.5 Å². The van der Waals surface area contributed by atoms with Crippen molar-refractivity contribution >= 4 is 11.9 Å². The summed E-state index contributed by atoms with van der Waals surface area (Å²) in [5, 5.41) is 18.7. The van der Waals surface area contributed by atoms with Crippen LogP contribution in [0.3, 0.4) is 0 Å². The Morgan fingerprint density at radius 1 is 1.56 bits per heavy atom. The molecule has 1 aromatic rings. The maximum absolute atomic E-state index is 10.9.